The number of fused-ring (bicyclic) bond motifs is 2. The maximum absolute atomic E-state index is 13.1. The van der Waals surface area contributed by atoms with Crippen LogP contribution in [0.4, 0.5) is 24.5 Å². The van der Waals surface area contributed by atoms with Crippen LogP contribution in [0.2, 0.25) is 5.02 Å². The van der Waals surface area contributed by atoms with Crippen LogP contribution in [0.15, 0.2) is 72.8 Å². The number of carbonyl (C=O) groups excluding carboxylic acids is 2. The molecule has 2 fully saturated rings. The molecule has 3 aromatic rings. The minimum absolute atomic E-state index is 0.106. The number of alkyl halides is 3. The molecule has 0 aliphatic carbocycles. The number of para-hydroxylation sites is 1. The lowest BCUT2D eigenvalue weighted by atomic mass is 9.96. The van der Waals surface area contributed by atoms with Crippen LogP contribution < -0.4 is 16.0 Å². The Kier molecular flexibility index (Phi) is 8.85. The third kappa shape index (κ3) is 7.40. The molecule has 2 aliphatic heterocycles. The standard InChI is InChI=1S/C31H32ClF3N4O2/c32-22-10-8-20(9-11-22)19-39-25-12-13-26(39)18-24(17-25)38-29(40)14-15-36-30(41)27-6-1-2-7-28(27)37-23-5-3-4-21(16-23)31(33,34)35/h1-11,16,24-26,37H,12-15,17-19H2,(H,36,41)(H,38,40)/t24?,25-,26+. The van der Waals surface area contributed by atoms with Crippen LogP contribution in [0.25, 0.3) is 0 Å². The summed E-state index contributed by atoms with van der Waals surface area (Å²) >= 11 is 6.02. The summed E-state index contributed by atoms with van der Waals surface area (Å²) in [6.45, 7) is 1.02. The highest BCUT2D eigenvalue weighted by molar-refractivity contribution is 6.30. The highest BCUT2D eigenvalue weighted by Crippen LogP contribution is 2.37. The summed E-state index contributed by atoms with van der Waals surface area (Å²) in [6.07, 6.45) is -0.296. The second-order valence-corrected chi connectivity index (χ2v) is 11.1. The predicted molar refractivity (Wildman–Crippen MR) is 153 cm³/mol. The van der Waals surface area contributed by atoms with Crippen LogP contribution in [-0.4, -0.2) is 41.4 Å². The van der Waals surface area contributed by atoms with Gasteiger partial charge in [0.15, 0.2) is 0 Å². The number of benzene rings is 3. The van der Waals surface area contributed by atoms with Crippen molar-refractivity contribution in [3.63, 3.8) is 0 Å². The first-order valence-corrected chi connectivity index (χ1v) is 14.1. The number of nitrogens with zero attached hydrogens (tertiary/aromatic N) is 1. The minimum Gasteiger partial charge on any atom is -0.355 e. The van der Waals surface area contributed by atoms with E-state index in [-0.39, 0.29) is 36.2 Å². The van der Waals surface area contributed by atoms with Crippen LogP contribution in [0, 0.1) is 0 Å². The first kappa shape index (κ1) is 29.0. The summed E-state index contributed by atoms with van der Waals surface area (Å²) in [4.78, 5) is 28.1. The zero-order valence-corrected chi connectivity index (χ0v) is 23.1. The van der Waals surface area contributed by atoms with Gasteiger partial charge in [-0.2, -0.15) is 13.2 Å². The molecule has 6 nitrogen and oxygen atoms in total. The number of hydrogen-bond acceptors (Lipinski definition) is 4. The number of piperidine rings is 1. The molecule has 0 spiro atoms. The fourth-order valence-electron chi connectivity index (χ4n) is 5.85. The highest BCUT2D eigenvalue weighted by Gasteiger charge is 2.40. The Labute approximate surface area is 242 Å². The molecular formula is C31H32ClF3N4O2. The third-order valence-electron chi connectivity index (χ3n) is 7.81. The Hall–Kier alpha value is -3.56. The van der Waals surface area contributed by atoms with Gasteiger partial charge >= 0.3 is 6.18 Å². The summed E-state index contributed by atoms with van der Waals surface area (Å²) in [5.74, 6) is -0.530. The van der Waals surface area contributed by atoms with E-state index in [1.165, 1.54) is 17.7 Å². The number of nitrogens with one attached hydrogen (secondary N) is 3. The van der Waals surface area contributed by atoms with Gasteiger partial charge in [0.2, 0.25) is 5.91 Å². The predicted octanol–water partition coefficient (Wildman–Crippen LogP) is 6.53. The van der Waals surface area contributed by atoms with Gasteiger partial charge in [0.1, 0.15) is 0 Å². The van der Waals surface area contributed by atoms with Crippen molar-refractivity contribution < 1.29 is 22.8 Å². The van der Waals surface area contributed by atoms with E-state index in [2.05, 4.69) is 33.0 Å². The molecule has 0 aromatic heterocycles. The van der Waals surface area contributed by atoms with Crippen molar-refractivity contribution in [1.82, 2.24) is 15.5 Å². The highest BCUT2D eigenvalue weighted by atomic mass is 35.5. The van der Waals surface area contributed by atoms with Crippen molar-refractivity contribution >= 4 is 34.8 Å². The van der Waals surface area contributed by atoms with Crippen molar-refractivity contribution in [2.45, 2.75) is 63.0 Å². The largest absolute Gasteiger partial charge is 0.416 e. The van der Waals surface area contributed by atoms with Gasteiger partial charge in [-0.15, -0.1) is 0 Å². The van der Waals surface area contributed by atoms with E-state index in [0.29, 0.717) is 17.8 Å². The Morgan fingerprint density at radius 3 is 2.34 bits per heavy atom. The summed E-state index contributed by atoms with van der Waals surface area (Å²) in [7, 11) is 0. The van der Waals surface area contributed by atoms with Crippen molar-refractivity contribution in [3.05, 3.63) is 94.5 Å². The molecule has 3 aromatic carbocycles. The van der Waals surface area contributed by atoms with Crippen molar-refractivity contribution in [2.24, 2.45) is 0 Å². The Balaban J connectivity index is 1.10. The topological polar surface area (TPSA) is 73.5 Å². The van der Waals surface area contributed by atoms with Gasteiger partial charge < -0.3 is 16.0 Å². The molecule has 41 heavy (non-hydrogen) atoms. The fourth-order valence-corrected chi connectivity index (χ4v) is 5.98. The minimum atomic E-state index is -4.47. The van der Waals surface area contributed by atoms with E-state index in [4.69, 9.17) is 11.6 Å². The van der Waals surface area contributed by atoms with Crippen LogP contribution >= 0.6 is 11.6 Å². The lowest BCUT2D eigenvalue weighted by molar-refractivity contribution is -0.137. The Morgan fingerprint density at radius 1 is 0.927 bits per heavy atom. The fraction of sp³-hybridized carbons (Fsp3) is 0.355. The third-order valence-corrected chi connectivity index (χ3v) is 8.06. The molecule has 1 unspecified atom stereocenters. The number of halogens is 4. The molecular weight excluding hydrogens is 553 g/mol. The lowest BCUT2D eigenvalue weighted by Gasteiger charge is -2.39. The summed E-state index contributed by atoms with van der Waals surface area (Å²) < 4.78 is 39.3. The maximum atomic E-state index is 13.1. The second kappa shape index (κ2) is 12.5. The van der Waals surface area contributed by atoms with Crippen LogP contribution in [-0.2, 0) is 17.5 Å². The van der Waals surface area contributed by atoms with Gasteiger partial charge in [-0.25, -0.2) is 0 Å². The monoisotopic (exact) mass is 584 g/mol. The summed E-state index contributed by atoms with van der Waals surface area (Å²) in [5.41, 5.74) is 1.31. The Bertz CT molecular complexity index is 1370. The first-order chi connectivity index (χ1) is 19.7. The quantitative estimate of drug-likeness (QED) is 0.267. The molecule has 2 heterocycles. The second-order valence-electron chi connectivity index (χ2n) is 10.7. The molecule has 0 radical (unpaired) electrons. The number of hydrogen-bond donors (Lipinski definition) is 3. The number of carbonyl (C=O) groups is 2. The first-order valence-electron chi connectivity index (χ1n) is 13.8. The van der Waals surface area contributed by atoms with E-state index >= 15 is 0 Å². The summed E-state index contributed by atoms with van der Waals surface area (Å²) in [6, 6.07) is 20.3. The van der Waals surface area contributed by atoms with Gasteiger partial charge in [-0.3, -0.25) is 14.5 Å². The van der Waals surface area contributed by atoms with Crippen LogP contribution in [0.5, 0.6) is 0 Å². The summed E-state index contributed by atoms with van der Waals surface area (Å²) in [5, 5.41) is 9.54. The lowest BCUT2D eigenvalue weighted by Crippen LogP contribution is -2.50. The van der Waals surface area contributed by atoms with E-state index in [0.717, 1.165) is 49.4 Å². The molecule has 2 aliphatic rings. The van der Waals surface area contributed by atoms with Crippen molar-refractivity contribution in [1.29, 1.82) is 0 Å². The molecule has 3 atom stereocenters. The molecule has 2 bridgehead atoms. The number of anilines is 2. The van der Waals surface area contributed by atoms with Gasteiger partial charge in [0.25, 0.3) is 5.91 Å². The van der Waals surface area contributed by atoms with E-state index in [9.17, 15) is 22.8 Å². The number of rotatable bonds is 9. The van der Waals surface area contributed by atoms with Crippen molar-refractivity contribution in [2.75, 3.05) is 11.9 Å². The average molecular weight is 585 g/mol. The SMILES string of the molecule is O=C(CCNC(=O)c1ccccc1Nc1cccc(C(F)(F)F)c1)NC1C[C@H]2CC[C@@H](C1)N2Cc1ccc(Cl)cc1. The van der Waals surface area contributed by atoms with Gasteiger partial charge in [-0.05, 0) is 73.7 Å². The van der Waals surface area contributed by atoms with E-state index in [1.807, 2.05) is 12.1 Å². The smallest absolute Gasteiger partial charge is 0.355 e. The molecule has 3 N–H and O–H groups in total. The van der Waals surface area contributed by atoms with Crippen LogP contribution in [0.1, 0.15) is 53.6 Å². The average Bonchev–Trinajstić information content (AvgIpc) is 3.16. The maximum Gasteiger partial charge on any atom is 0.416 e. The van der Waals surface area contributed by atoms with Gasteiger partial charge in [0, 0.05) is 48.3 Å². The zero-order chi connectivity index (χ0) is 29.0. The van der Waals surface area contributed by atoms with E-state index < -0.39 is 17.6 Å². The zero-order valence-electron chi connectivity index (χ0n) is 22.4. The molecule has 2 saturated heterocycles. The molecule has 216 valence electrons. The molecule has 2 amide bonds. The molecule has 10 heteroatoms. The molecule has 5 rings (SSSR count). The van der Waals surface area contributed by atoms with Crippen molar-refractivity contribution in [3.8, 4) is 0 Å². The number of amides is 2. The normalized spacial score (nSPS) is 20.4. The molecule has 0 saturated carbocycles. The van der Waals surface area contributed by atoms with Gasteiger partial charge in [-0.1, -0.05) is 41.9 Å². The van der Waals surface area contributed by atoms with Crippen LogP contribution in [0.3, 0.4) is 0 Å². The van der Waals surface area contributed by atoms with Gasteiger partial charge in [0.05, 0.1) is 16.8 Å². The van der Waals surface area contributed by atoms with E-state index in [1.54, 1.807) is 24.3 Å². The Morgan fingerprint density at radius 2 is 1.63 bits per heavy atom.